The van der Waals surface area contributed by atoms with Gasteiger partial charge in [-0.05, 0) is 26.0 Å². The number of urea groups is 1. The van der Waals surface area contributed by atoms with Crippen LogP contribution in [0.5, 0.6) is 5.75 Å². The van der Waals surface area contributed by atoms with Crippen molar-refractivity contribution in [1.82, 2.24) is 0 Å². The van der Waals surface area contributed by atoms with E-state index in [1.807, 2.05) is 19.9 Å². The van der Waals surface area contributed by atoms with Gasteiger partial charge in [-0.2, -0.15) is 0 Å². The Morgan fingerprint density at radius 3 is 1.69 bits per heavy atom. The highest BCUT2D eigenvalue weighted by Gasteiger charge is 1.74. The van der Waals surface area contributed by atoms with Crippen molar-refractivity contribution in [3.63, 3.8) is 0 Å². The van der Waals surface area contributed by atoms with Crippen LogP contribution in [0, 0.1) is 0 Å². The highest BCUT2D eigenvalue weighted by Crippen LogP contribution is 2.02. The zero-order valence-electron chi connectivity index (χ0n) is 9.72. The Labute approximate surface area is 96.0 Å². The highest BCUT2D eigenvalue weighted by atomic mass is 16.5. The number of para-hydroxylation sites is 1. The fourth-order valence-electron chi connectivity index (χ4n) is 0.632. The Morgan fingerprint density at radius 1 is 1.19 bits per heavy atom. The van der Waals surface area contributed by atoms with Crippen LogP contribution in [0.25, 0.3) is 0 Å². The smallest absolute Gasteiger partial charge is 0.309 e. The van der Waals surface area contributed by atoms with Crippen LogP contribution in [-0.2, 0) is 4.74 Å². The number of aromatic hydroxyl groups is 1. The summed E-state index contributed by atoms with van der Waals surface area (Å²) in [4.78, 5) is 9.00. The zero-order valence-corrected chi connectivity index (χ0v) is 9.72. The number of hydrogen-bond donors (Lipinski definition) is 3. The van der Waals surface area contributed by atoms with Crippen molar-refractivity contribution < 1.29 is 14.6 Å². The van der Waals surface area contributed by atoms with Gasteiger partial charge in [0.05, 0.1) is 0 Å². The molecule has 0 saturated carbocycles. The lowest BCUT2D eigenvalue weighted by Gasteiger charge is -1.86. The zero-order chi connectivity index (χ0) is 12.8. The molecule has 1 aromatic rings. The molecule has 0 spiro atoms. The van der Waals surface area contributed by atoms with Crippen LogP contribution >= 0.6 is 0 Å². The van der Waals surface area contributed by atoms with Crippen LogP contribution < -0.4 is 11.5 Å². The Morgan fingerprint density at radius 2 is 1.56 bits per heavy atom. The van der Waals surface area contributed by atoms with Crippen LogP contribution in [0.15, 0.2) is 30.3 Å². The summed E-state index contributed by atoms with van der Waals surface area (Å²) in [6, 6.07) is 7.88. The molecular weight excluding hydrogens is 208 g/mol. The number of ether oxygens (including phenoxy) is 1. The highest BCUT2D eigenvalue weighted by molar-refractivity contribution is 5.69. The number of carbonyl (C=O) groups is 1. The summed E-state index contributed by atoms with van der Waals surface area (Å²) < 4.78 is 4.83. The second-order valence-corrected chi connectivity index (χ2v) is 2.52. The molecule has 0 fully saturated rings. The lowest BCUT2D eigenvalue weighted by atomic mass is 10.3. The van der Waals surface area contributed by atoms with Gasteiger partial charge < -0.3 is 21.3 Å². The molecule has 0 heterocycles. The molecule has 0 radical (unpaired) electrons. The molecule has 2 amide bonds. The number of phenols is 1. The largest absolute Gasteiger partial charge is 0.508 e. The van der Waals surface area contributed by atoms with E-state index in [-0.39, 0.29) is 0 Å². The Kier molecular flexibility index (Phi) is 13.8. The molecule has 5 nitrogen and oxygen atoms in total. The number of phenolic OH excluding ortho intramolecular Hbond substituents is 1. The van der Waals surface area contributed by atoms with Crippen molar-refractivity contribution in [3.05, 3.63) is 30.3 Å². The van der Waals surface area contributed by atoms with E-state index in [2.05, 4.69) is 11.5 Å². The number of primary amides is 2. The lowest BCUT2D eigenvalue weighted by Crippen LogP contribution is -2.18. The molecule has 1 rings (SSSR count). The van der Waals surface area contributed by atoms with E-state index in [9.17, 15) is 0 Å². The van der Waals surface area contributed by atoms with Crippen LogP contribution in [-0.4, -0.2) is 24.4 Å². The van der Waals surface area contributed by atoms with Gasteiger partial charge in [-0.25, -0.2) is 4.79 Å². The average Bonchev–Trinajstić information content (AvgIpc) is 2.20. The standard InChI is InChI=1S/C6H6O.C4H10O.CH4N2O/c7-6-4-2-1-3-5-6;1-3-5-4-2;2-1(3)4/h1-5,7H;3-4H2,1-2H3;(H4,2,3,4). The molecule has 92 valence electrons. The number of amides is 2. The molecule has 0 bridgehead atoms. The van der Waals surface area contributed by atoms with E-state index in [4.69, 9.17) is 14.6 Å². The third-order valence-electron chi connectivity index (χ3n) is 1.16. The van der Waals surface area contributed by atoms with Crippen molar-refractivity contribution >= 4 is 6.03 Å². The first-order valence-corrected chi connectivity index (χ1v) is 4.91. The molecule has 0 aliphatic carbocycles. The Bertz CT molecular complexity index is 247. The molecule has 0 aliphatic heterocycles. The summed E-state index contributed by atoms with van der Waals surface area (Å²) in [6.45, 7) is 5.67. The van der Waals surface area contributed by atoms with E-state index >= 15 is 0 Å². The summed E-state index contributed by atoms with van der Waals surface area (Å²) in [5.74, 6) is 0.322. The maximum Gasteiger partial charge on any atom is 0.309 e. The van der Waals surface area contributed by atoms with Gasteiger partial charge in [0.25, 0.3) is 0 Å². The second kappa shape index (κ2) is 13.2. The van der Waals surface area contributed by atoms with Crippen molar-refractivity contribution in [2.75, 3.05) is 13.2 Å². The van der Waals surface area contributed by atoms with Crippen LogP contribution in [0.1, 0.15) is 13.8 Å². The van der Waals surface area contributed by atoms with Gasteiger partial charge in [-0.15, -0.1) is 0 Å². The topological polar surface area (TPSA) is 98.6 Å². The van der Waals surface area contributed by atoms with Crippen LogP contribution in [0.2, 0.25) is 0 Å². The molecule has 0 atom stereocenters. The third-order valence-corrected chi connectivity index (χ3v) is 1.16. The Balaban J connectivity index is 0. The fraction of sp³-hybridized carbons (Fsp3) is 0.364. The van der Waals surface area contributed by atoms with Crippen molar-refractivity contribution in [2.24, 2.45) is 11.5 Å². The molecule has 0 saturated heterocycles. The lowest BCUT2D eigenvalue weighted by molar-refractivity contribution is 0.162. The first-order valence-electron chi connectivity index (χ1n) is 4.91. The minimum absolute atomic E-state index is 0.322. The summed E-state index contributed by atoms with van der Waals surface area (Å²) in [6.07, 6.45) is 0. The van der Waals surface area contributed by atoms with Gasteiger partial charge in [0.2, 0.25) is 0 Å². The summed E-state index contributed by atoms with van der Waals surface area (Å²) in [7, 11) is 0. The molecule has 0 aromatic heterocycles. The molecule has 5 N–H and O–H groups in total. The first-order chi connectivity index (χ1) is 7.54. The maximum absolute atomic E-state index is 9.00. The molecule has 0 unspecified atom stereocenters. The minimum Gasteiger partial charge on any atom is -0.508 e. The first kappa shape index (κ1) is 16.7. The van der Waals surface area contributed by atoms with E-state index in [0.717, 1.165) is 13.2 Å². The number of benzene rings is 1. The summed E-state index contributed by atoms with van der Waals surface area (Å²) in [5.41, 5.74) is 8.50. The molecule has 5 heteroatoms. The van der Waals surface area contributed by atoms with Crippen LogP contribution in [0.4, 0.5) is 4.79 Å². The SMILES string of the molecule is CCOCC.NC(N)=O.Oc1ccccc1. The van der Waals surface area contributed by atoms with E-state index in [1.165, 1.54) is 0 Å². The minimum atomic E-state index is -0.833. The number of carbonyl (C=O) groups excluding carboxylic acids is 1. The normalized spacial score (nSPS) is 7.88. The summed E-state index contributed by atoms with van der Waals surface area (Å²) >= 11 is 0. The van der Waals surface area contributed by atoms with Crippen LogP contribution in [0.3, 0.4) is 0 Å². The average molecular weight is 228 g/mol. The van der Waals surface area contributed by atoms with Gasteiger partial charge in [0.15, 0.2) is 0 Å². The second-order valence-electron chi connectivity index (χ2n) is 2.52. The number of hydrogen-bond acceptors (Lipinski definition) is 3. The summed E-state index contributed by atoms with van der Waals surface area (Å²) in [5, 5.41) is 8.63. The van der Waals surface area contributed by atoms with E-state index in [0.29, 0.717) is 5.75 Å². The van der Waals surface area contributed by atoms with Gasteiger partial charge in [-0.1, -0.05) is 18.2 Å². The van der Waals surface area contributed by atoms with E-state index < -0.39 is 6.03 Å². The predicted octanol–water partition coefficient (Wildman–Crippen LogP) is 1.46. The van der Waals surface area contributed by atoms with Gasteiger partial charge in [-0.3, -0.25) is 0 Å². The third kappa shape index (κ3) is 22.8. The number of rotatable bonds is 2. The van der Waals surface area contributed by atoms with E-state index in [1.54, 1.807) is 24.3 Å². The molecule has 0 aliphatic rings. The fourth-order valence-corrected chi connectivity index (χ4v) is 0.632. The Hall–Kier alpha value is -1.75. The quantitative estimate of drug-likeness (QED) is 0.714. The maximum atomic E-state index is 9.00. The molecule has 16 heavy (non-hydrogen) atoms. The van der Waals surface area contributed by atoms with Gasteiger partial charge in [0, 0.05) is 13.2 Å². The van der Waals surface area contributed by atoms with Gasteiger partial charge >= 0.3 is 6.03 Å². The van der Waals surface area contributed by atoms with Crippen molar-refractivity contribution in [1.29, 1.82) is 0 Å². The van der Waals surface area contributed by atoms with Crippen molar-refractivity contribution in [3.8, 4) is 5.75 Å². The predicted molar refractivity (Wildman–Crippen MR) is 64.0 cm³/mol. The van der Waals surface area contributed by atoms with Gasteiger partial charge in [0.1, 0.15) is 5.75 Å². The molecular formula is C11H20N2O3. The van der Waals surface area contributed by atoms with Crippen molar-refractivity contribution in [2.45, 2.75) is 13.8 Å². The number of nitrogens with two attached hydrogens (primary N) is 2. The molecule has 1 aromatic carbocycles. The monoisotopic (exact) mass is 228 g/mol.